The van der Waals surface area contributed by atoms with Crippen LogP contribution in [0.3, 0.4) is 0 Å². The van der Waals surface area contributed by atoms with Gasteiger partial charge in [0.2, 0.25) is 10.0 Å². The molecule has 5 nitrogen and oxygen atoms in total. The maximum Gasteiger partial charge on any atom is 0.242 e. The molecule has 0 aliphatic carbocycles. The summed E-state index contributed by atoms with van der Waals surface area (Å²) in [5.74, 6) is 0. The maximum atomic E-state index is 11.9. The molecule has 1 aromatic rings. The molecule has 0 saturated carbocycles. The summed E-state index contributed by atoms with van der Waals surface area (Å²) in [5, 5.41) is -0.00833. The standard InChI is InChI=1S/C10H14ClNO4S2/c1-3-6-12-18(15,16)10-7-8(17(2,13)14)4-5-9(10)11/h4-5,7,12H,3,6H2,1-2H3. The van der Waals surface area contributed by atoms with Crippen molar-refractivity contribution < 1.29 is 16.8 Å². The van der Waals surface area contributed by atoms with Gasteiger partial charge in [-0.15, -0.1) is 0 Å². The van der Waals surface area contributed by atoms with Crippen molar-refractivity contribution in [1.29, 1.82) is 0 Å². The van der Waals surface area contributed by atoms with Crippen LogP contribution in [0, 0.1) is 0 Å². The Morgan fingerprint density at radius 3 is 2.33 bits per heavy atom. The molecule has 1 aromatic carbocycles. The molecule has 0 aliphatic rings. The lowest BCUT2D eigenvalue weighted by Crippen LogP contribution is -2.24. The van der Waals surface area contributed by atoms with E-state index < -0.39 is 19.9 Å². The molecule has 18 heavy (non-hydrogen) atoms. The minimum atomic E-state index is -3.78. The fourth-order valence-corrected chi connectivity index (χ4v) is 3.61. The van der Waals surface area contributed by atoms with Crippen molar-refractivity contribution in [2.75, 3.05) is 12.8 Å². The Bertz CT molecular complexity index is 638. The van der Waals surface area contributed by atoms with Crippen LogP contribution < -0.4 is 4.72 Å². The highest BCUT2D eigenvalue weighted by Crippen LogP contribution is 2.24. The van der Waals surface area contributed by atoms with Crippen LogP contribution in [0.4, 0.5) is 0 Å². The van der Waals surface area contributed by atoms with Gasteiger partial charge in [0, 0.05) is 12.8 Å². The van der Waals surface area contributed by atoms with Crippen LogP contribution in [-0.4, -0.2) is 29.6 Å². The number of halogens is 1. The van der Waals surface area contributed by atoms with Crippen LogP contribution in [0.25, 0.3) is 0 Å². The number of benzene rings is 1. The van der Waals surface area contributed by atoms with E-state index in [1.54, 1.807) is 0 Å². The zero-order valence-electron chi connectivity index (χ0n) is 9.97. The summed E-state index contributed by atoms with van der Waals surface area (Å²) in [4.78, 5) is -0.302. The number of rotatable bonds is 5. The van der Waals surface area contributed by atoms with Crippen molar-refractivity contribution in [3.05, 3.63) is 23.2 Å². The van der Waals surface area contributed by atoms with Gasteiger partial charge in [0.05, 0.1) is 9.92 Å². The summed E-state index contributed by atoms with van der Waals surface area (Å²) in [7, 11) is -7.26. The molecule has 1 N–H and O–H groups in total. The van der Waals surface area contributed by atoms with Gasteiger partial charge in [0.25, 0.3) is 0 Å². The third-order valence-corrected chi connectivity index (χ3v) is 5.22. The smallest absolute Gasteiger partial charge is 0.224 e. The summed E-state index contributed by atoms with van der Waals surface area (Å²) >= 11 is 5.80. The minimum absolute atomic E-state index is 0.00833. The van der Waals surface area contributed by atoms with Crippen molar-refractivity contribution in [3.8, 4) is 0 Å². The van der Waals surface area contributed by atoms with E-state index in [9.17, 15) is 16.8 Å². The van der Waals surface area contributed by atoms with E-state index in [1.165, 1.54) is 12.1 Å². The van der Waals surface area contributed by atoms with Gasteiger partial charge >= 0.3 is 0 Å². The first-order chi connectivity index (χ1) is 8.18. The first kappa shape index (κ1) is 15.4. The summed E-state index contributed by atoms with van der Waals surface area (Å²) in [5.41, 5.74) is 0. The normalized spacial score (nSPS) is 12.6. The second kappa shape index (κ2) is 5.56. The van der Waals surface area contributed by atoms with E-state index in [-0.39, 0.29) is 21.4 Å². The second-order valence-electron chi connectivity index (χ2n) is 3.76. The van der Waals surface area contributed by atoms with Gasteiger partial charge < -0.3 is 0 Å². The zero-order chi connectivity index (χ0) is 14.0. The molecule has 0 radical (unpaired) electrons. The summed E-state index contributed by atoms with van der Waals surface area (Å²) in [6, 6.07) is 3.60. The second-order valence-corrected chi connectivity index (χ2v) is 7.92. The molecular weight excluding hydrogens is 298 g/mol. The Labute approximate surface area is 112 Å². The summed E-state index contributed by atoms with van der Waals surface area (Å²) in [6.45, 7) is 2.08. The Morgan fingerprint density at radius 2 is 1.83 bits per heavy atom. The first-order valence-corrected chi connectivity index (χ1v) is 8.93. The Kier molecular flexibility index (Phi) is 4.77. The number of sulfone groups is 1. The highest BCUT2D eigenvalue weighted by Gasteiger charge is 2.20. The fourth-order valence-electron chi connectivity index (χ4n) is 1.23. The number of hydrogen-bond donors (Lipinski definition) is 1. The van der Waals surface area contributed by atoms with Gasteiger partial charge in [-0.1, -0.05) is 18.5 Å². The lowest BCUT2D eigenvalue weighted by Gasteiger charge is -2.08. The third kappa shape index (κ3) is 3.68. The molecule has 0 fully saturated rings. The molecule has 0 spiro atoms. The Balaban J connectivity index is 3.33. The number of hydrogen-bond acceptors (Lipinski definition) is 4. The van der Waals surface area contributed by atoms with Gasteiger partial charge in [0.1, 0.15) is 4.90 Å². The molecule has 0 aromatic heterocycles. The van der Waals surface area contributed by atoms with Crippen LogP contribution >= 0.6 is 11.6 Å². The van der Waals surface area contributed by atoms with Crippen LogP contribution in [0.15, 0.2) is 28.0 Å². The van der Waals surface area contributed by atoms with Crippen molar-refractivity contribution >= 4 is 31.5 Å². The molecule has 0 heterocycles. The van der Waals surface area contributed by atoms with Crippen molar-refractivity contribution in [2.24, 2.45) is 0 Å². The van der Waals surface area contributed by atoms with Gasteiger partial charge in [-0.05, 0) is 24.6 Å². The first-order valence-electron chi connectivity index (χ1n) is 5.17. The maximum absolute atomic E-state index is 11.9. The molecule has 0 unspecified atom stereocenters. The zero-order valence-corrected chi connectivity index (χ0v) is 12.4. The van der Waals surface area contributed by atoms with Crippen LogP contribution in [0.2, 0.25) is 5.02 Å². The molecular formula is C10H14ClNO4S2. The molecule has 102 valence electrons. The molecule has 0 saturated heterocycles. The average Bonchev–Trinajstić information content (AvgIpc) is 2.25. The van der Waals surface area contributed by atoms with Gasteiger partial charge in [-0.2, -0.15) is 0 Å². The largest absolute Gasteiger partial charge is 0.242 e. The predicted molar refractivity (Wildman–Crippen MR) is 70.0 cm³/mol. The van der Waals surface area contributed by atoms with E-state index in [4.69, 9.17) is 11.6 Å². The predicted octanol–water partition coefficient (Wildman–Crippen LogP) is 1.43. The van der Waals surface area contributed by atoms with Crippen LogP contribution in [0.1, 0.15) is 13.3 Å². The Hall–Kier alpha value is -0.630. The number of sulfonamides is 1. The minimum Gasteiger partial charge on any atom is -0.224 e. The fraction of sp³-hybridized carbons (Fsp3) is 0.400. The highest BCUT2D eigenvalue weighted by molar-refractivity contribution is 7.91. The van der Waals surface area contributed by atoms with E-state index in [2.05, 4.69) is 4.72 Å². The van der Waals surface area contributed by atoms with Crippen LogP contribution in [-0.2, 0) is 19.9 Å². The molecule has 1 rings (SSSR count). The quantitative estimate of drug-likeness (QED) is 0.892. The van der Waals surface area contributed by atoms with E-state index >= 15 is 0 Å². The molecule has 0 atom stereocenters. The SMILES string of the molecule is CCCNS(=O)(=O)c1cc(S(C)(=O)=O)ccc1Cl. The van der Waals surface area contributed by atoms with E-state index in [0.29, 0.717) is 6.42 Å². The molecule has 8 heteroatoms. The molecule has 0 amide bonds. The van der Waals surface area contributed by atoms with Gasteiger partial charge in [-0.25, -0.2) is 21.6 Å². The van der Waals surface area contributed by atoms with Crippen LogP contribution in [0.5, 0.6) is 0 Å². The third-order valence-electron chi connectivity index (χ3n) is 2.16. The summed E-state index contributed by atoms with van der Waals surface area (Å²) < 4.78 is 48.9. The lowest BCUT2D eigenvalue weighted by molar-refractivity contribution is 0.580. The monoisotopic (exact) mass is 311 g/mol. The lowest BCUT2D eigenvalue weighted by atomic mass is 10.4. The molecule has 0 aliphatic heterocycles. The van der Waals surface area contributed by atoms with Crippen molar-refractivity contribution in [2.45, 2.75) is 23.1 Å². The highest BCUT2D eigenvalue weighted by atomic mass is 35.5. The number of nitrogens with one attached hydrogen (secondary N) is 1. The summed E-state index contributed by atoms with van der Waals surface area (Å²) in [6.07, 6.45) is 1.63. The topological polar surface area (TPSA) is 80.3 Å². The Morgan fingerprint density at radius 1 is 1.22 bits per heavy atom. The van der Waals surface area contributed by atoms with E-state index in [1.807, 2.05) is 6.92 Å². The van der Waals surface area contributed by atoms with E-state index in [0.717, 1.165) is 12.3 Å². The van der Waals surface area contributed by atoms with Crippen molar-refractivity contribution in [3.63, 3.8) is 0 Å². The average molecular weight is 312 g/mol. The van der Waals surface area contributed by atoms with Crippen molar-refractivity contribution in [1.82, 2.24) is 4.72 Å². The van der Waals surface area contributed by atoms with Gasteiger partial charge in [0.15, 0.2) is 9.84 Å². The molecule has 0 bridgehead atoms. The van der Waals surface area contributed by atoms with Gasteiger partial charge in [-0.3, -0.25) is 0 Å².